The summed E-state index contributed by atoms with van der Waals surface area (Å²) in [5.41, 5.74) is 2.20. The molecule has 1 atom stereocenters. The van der Waals surface area contributed by atoms with Gasteiger partial charge in [0.25, 0.3) is 5.69 Å². The number of nitro benzene ring substituents is 1. The summed E-state index contributed by atoms with van der Waals surface area (Å²) >= 11 is 0. The first-order chi connectivity index (χ1) is 11.9. The summed E-state index contributed by atoms with van der Waals surface area (Å²) in [7, 11) is -3.89. The van der Waals surface area contributed by atoms with E-state index >= 15 is 0 Å². The monoisotopic (exact) mass is 376 g/mol. The highest BCUT2D eigenvalue weighted by Crippen LogP contribution is 2.26. The predicted octanol–water partition coefficient (Wildman–Crippen LogP) is 4.24. The van der Waals surface area contributed by atoms with Gasteiger partial charge in [-0.25, -0.2) is 13.1 Å². The van der Waals surface area contributed by atoms with Crippen molar-refractivity contribution in [1.29, 1.82) is 0 Å². The molecule has 0 aliphatic rings. The Hall–Kier alpha value is -2.25. The zero-order valence-electron chi connectivity index (χ0n) is 15.6. The molecule has 0 aliphatic carbocycles. The SMILES string of the molecule is Cc1ccc([N+](=O)[O-])cc1S(=O)(=O)NC(C)c1ccc(C(C)(C)C)cc1. The number of benzene rings is 2. The quantitative estimate of drug-likeness (QED) is 0.624. The van der Waals surface area contributed by atoms with Crippen LogP contribution in [-0.4, -0.2) is 13.3 Å². The molecule has 0 fully saturated rings. The van der Waals surface area contributed by atoms with Gasteiger partial charge in [0.15, 0.2) is 0 Å². The summed E-state index contributed by atoms with van der Waals surface area (Å²) in [5.74, 6) is 0. The van der Waals surface area contributed by atoms with Crippen LogP contribution in [0.2, 0.25) is 0 Å². The van der Waals surface area contributed by atoms with Crippen LogP contribution in [0.4, 0.5) is 5.69 Å². The third kappa shape index (κ3) is 4.47. The van der Waals surface area contributed by atoms with E-state index in [-0.39, 0.29) is 16.0 Å². The average molecular weight is 376 g/mol. The van der Waals surface area contributed by atoms with Crippen molar-refractivity contribution in [1.82, 2.24) is 4.72 Å². The average Bonchev–Trinajstić information content (AvgIpc) is 2.53. The van der Waals surface area contributed by atoms with Crippen molar-refractivity contribution >= 4 is 15.7 Å². The van der Waals surface area contributed by atoms with Crippen molar-refractivity contribution < 1.29 is 13.3 Å². The topological polar surface area (TPSA) is 89.3 Å². The summed E-state index contributed by atoms with van der Waals surface area (Å²) in [6, 6.07) is 11.1. The molecule has 1 unspecified atom stereocenters. The molecule has 0 saturated carbocycles. The van der Waals surface area contributed by atoms with Gasteiger partial charge in [-0.1, -0.05) is 51.1 Å². The highest BCUT2D eigenvalue weighted by atomic mass is 32.2. The lowest BCUT2D eigenvalue weighted by Gasteiger charge is -2.21. The van der Waals surface area contributed by atoms with Crippen molar-refractivity contribution in [3.63, 3.8) is 0 Å². The number of rotatable bonds is 5. The van der Waals surface area contributed by atoms with Gasteiger partial charge in [-0.2, -0.15) is 0 Å². The summed E-state index contributed by atoms with van der Waals surface area (Å²) in [4.78, 5) is 10.3. The van der Waals surface area contributed by atoms with Crippen LogP contribution in [0.1, 0.15) is 50.4 Å². The number of nitrogens with one attached hydrogen (secondary N) is 1. The van der Waals surface area contributed by atoms with E-state index in [2.05, 4.69) is 25.5 Å². The molecule has 140 valence electrons. The van der Waals surface area contributed by atoms with E-state index in [0.717, 1.165) is 17.2 Å². The van der Waals surface area contributed by atoms with Gasteiger partial charge in [0.1, 0.15) is 0 Å². The Balaban J connectivity index is 2.29. The molecule has 26 heavy (non-hydrogen) atoms. The third-order valence-electron chi connectivity index (χ3n) is 4.28. The minimum absolute atomic E-state index is 0.0152. The van der Waals surface area contributed by atoms with Crippen LogP contribution in [0.5, 0.6) is 0 Å². The predicted molar refractivity (Wildman–Crippen MR) is 102 cm³/mol. The maximum Gasteiger partial charge on any atom is 0.270 e. The van der Waals surface area contributed by atoms with Crippen LogP contribution in [0, 0.1) is 17.0 Å². The Kier molecular flexibility index (Phi) is 5.53. The molecule has 2 aromatic rings. The molecule has 7 heteroatoms. The van der Waals surface area contributed by atoms with E-state index in [9.17, 15) is 18.5 Å². The Bertz CT molecular complexity index is 914. The van der Waals surface area contributed by atoms with Crippen LogP contribution in [0.25, 0.3) is 0 Å². The molecule has 0 aromatic heterocycles. The Morgan fingerprint density at radius 2 is 1.65 bits per heavy atom. The highest BCUT2D eigenvalue weighted by molar-refractivity contribution is 7.89. The smallest absolute Gasteiger partial charge is 0.258 e. The van der Waals surface area contributed by atoms with Crippen molar-refractivity contribution in [2.45, 2.75) is 51.0 Å². The van der Waals surface area contributed by atoms with E-state index < -0.39 is 21.0 Å². The molecule has 0 radical (unpaired) electrons. The number of hydrogen-bond donors (Lipinski definition) is 1. The van der Waals surface area contributed by atoms with Crippen LogP contribution < -0.4 is 4.72 Å². The molecule has 0 amide bonds. The van der Waals surface area contributed by atoms with Gasteiger partial charge in [-0.05, 0) is 36.0 Å². The number of non-ortho nitro benzene ring substituents is 1. The van der Waals surface area contributed by atoms with Crippen molar-refractivity contribution in [3.8, 4) is 0 Å². The lowest BCUT2D eigenvalue weighted by atomic mass is 9.86. The van der Waals surface area contributed by atoms with E-state index in [0.29, 0.717) is 5.56 Å². The maximum absolute atomic E-state index is 12.7. The number of sulfonamides is 1. The second-order valence-electron chi connectivity index (χ2n) is 7.42. The first kappa shape index (κ1) is 20.1. The first-order valence-electron chi connectivity index (χ1n) is 8.29. The lowest BCUT2D eigenvalue weighted by molar-refractivity contribution is -0.385. The van der Waals surface area contributed by atoms with E-state index in [1.54, 1.807) is 13.8 Å². The van der Waals surface area contributed by atoms with Gasteiger partial charge in [0, 0.05) is 18.2 Å². The van der Waals surface area contributed by atoms with Crippen LogP contribution >= 0.6 is 0 Å². The lowest BCUT2D eigenvalue weighted by Crippen LogP contribution is -2.27. The molecule has 0 spiro atoms. The minimum atomic E-state index is -3.89. The molecule has 2 aromatic carbocycles. The maximum atomic E-state index is 12.7. The zero-order chi connectivity index (χ0) is 19.7. The number of nitrogens with zero attached hydrogens (tertiary/aromatic N) is 1. The Morgan fingerprint density at radius 1 is 1.08 bits per heavy atom. The number of nitro groups is 1. The molecule has 0 aliphatic heterocycles. The molecule has 1 N–H and O–H groups in total. The molecule has 0 heterocycles. The van der Waals surface area contributed by atoms with Crippen LogP contribution in [0.15, 0.2) is 47.4 Å². The van der Waals surface area contributed by atoms with Crippen LogP contribution in [0.3, 0.4) is 0 Å². The fraction of sp³-hybridized carbons (Fsp3) is 0.368. The molecule has 0 bridgehead atoms. The second-order valence-corrected chi connectivity index (χ2v) is 9.10. The largest absolute Gasteiger partial charge is 0.270 e. The zero-order valence-corrected chi connectivity index (χ0v) is 16.4. The summed E-state index contributed by atoms with van der Waals surface area (Å²) in [5, 5.41) is 10.9. The van der Waals surface area contributed by atoms with Gasteiger partial charge >= 0.3 is 0 Å². The second kappa shape index (κ2) is 7.17. The molecule has 6 nitrogen and oxygen atoms in total. The number of hydrogen-bond acceptors (Lipinski definition) is 4. The van der Waals surface area contributed by atoms with Crippen molar-refractivity contribution in [2.75, 3.05) is 0 Å². The first-order valence-corrected chi connectivity index (χ1v) is 9.78. The van der Waals surface area contributed by atoms with Gasteiger partial charge < -0.3 is 0 Å². The highest BCUT2D eigenvalue weighted by Gasteiger charge is 2.23. The molecular weight excluding hydrogens is 352 g/mol. The Labute approximate surface area is 154 Å². The number of aryl methyl sites for hydroxylation is 1. The Morgan fingerprint density at radius 3 is 2.15 bits per heavy atom. The minimum Gasteiger partial charge on any atom is -0.258 e. The summed E-state index contributed by atoms with van der Waals surface area (Å²) in [6.45, 7) is 9.69. The van der Waals surface area contributed by atoms with E-state index in [4.69, 9.17) is 0 Å². The van der Waals surface area contributed by atoms with Gasteiger partial charge in [0.2, 0.25) is 10.0 Å². The fourth-order valence-corrected chi connectivity index (χ4v) is 4.12. The molecular formula is C19H24N2O4S. The van der Waals surface area contributed by atoms with Crippen molar-refractivity contribution in [2.24, 2.45) is 0 Å². The third-order valence-corrected chi connectivity index (χ3v) is 5.96. The van der Waals surface area contributed by atoms with Gasteiger partial charge in [0.05, 0.1) is 9.82 Å². The van der Waals surface area contributed by atoms with Crippen molar-refractivity contribution in [3.05, 3.63) is 69.3 Å². The fourth-order valence-electron chi connectivity index (χ4n) is 2.63. The van der Waals surface area contributed by atoms with E-state index in [1.807, 2.05) is 24.3 Å². The van der Waals surface area contributed by atoms with Gasteiger partial charge in [-0.15, -0.1) is 0 Å². The molecule has 0 saturated heterocycles. The van der Waals surface area contributed by atoms with E-state index in [1.165, 1.54) is 12.1 Å². The summed E-state index contributed by atoms with van der Waals surface area (Å²) < 4.78 is 28.0. The summed E-state index contributed by atoms with van der Waals surface area (Å²) in [6.07, 6.45) is 0. The normalized spacial score (nSPS) is 13.4. The molecule has 2 rings (SSSR count). The van der Waals surface area contributed by atoms with Crippen LogP contribution in [-0.2, 0) is 15.4 Å². The standard InChI is InChI=1S/C19H24N2O4S/c1-13-6-11-17(21(22)23)12-18(13)26(24,25)20-14(2)15-7-9-16(10-8-15)19(3,4)5/h6-12,14,20H,1-5H3. The van der Waals surface area contributed by atoms with Gasteiger partial charge in [-0.3, -0.25) is 10.1 Å².